The van der Waals surface area contributed by atoms with E-state index >= 15 is 0 Å². The third kappa shape index (κ3) is 7.08. The molecule has 0 heterocycles. The molecule has 0 spiro atoms. The Morgan fingerprint density at radius 1 is 1.20 bits per heavy atom. The van der Waals surface area contributed by atoms with E-state index in [9.17, 15) is 14.4 Å². The number of aliphatic carboxylic acids is 1. The van der Waals surface area contributed by atoms with Crippen molar-refractivity contribution in [2.75, 3.05) is 13.1 Å². The van der Waals surface area contributed by atoms with Gasteiger partial charge in [-0.3, -0.25) is 19.8 Å². The fourth-order valence-electron chi connectivity index (χ4n) is 1.88. The zero-order chi connectivity index (χ0) is 15.7. The molecule has 3 N–H and O–H groups in total. The summed E-state index contributed by atoms with van der Waals surface area (Å²) in [5.74, 6) is -1.24. The van der Waals surface area contributed by atoms with Crippen LogP contribution in [0.4, 0.5) is 4.79 Å². The van der Waals surface area contributed by atoms with Gasteiger partial charge in [0, 0.05) is 19.0 Å². The number of carbonyl (C=O) groups is 3. The highest BCUT2D eigenvalue weighted by Gasteiger charge is 2.24. The molecule has 0 aliphatic heterocycles. The second kappa shape index (κ2) is 9.30. The predicted octanol–water partition coefficient (Wildman–Crippen LogP) is 0.796. The lowest BCUT2D eigenvalue weighted by atomic mass is 10.1. The van der Waals surface area contributed by atoms with Gasteiger partial charge in [-0.05, 0) is 40.7 Å². The third-order valence-corrected chi connectivity index (χ3v) is 2.92. The van der Waals surface area contributed by atoms with Gasteiger partial charge in [0.2, 0.25) is 5.91 Å². The zero-order valence-electron chi connectivity index (χ0n) is 12.6. The summed E-state index contributed by atoms with van der Waals surface area (Å²) >= 11 is 0. The van der Waals surface area contributed by atoms with Crippen molar-refractivity contribution >= 4 is 17.9 Å². The molecule has 0 rings (SSSR count). The first kappa shape index (κ1) is 18.4. The van der Waals surface area contributed by atoms with Gasteiger partial charge >= 0.3 is 12.0 Å². The number of amides is 3. The monoisotopic (exact) mass is 287 g/mol. The van der Waals surface area contributed by atoms with Crippen molar-refractivity contribution in [3.05, 3.63) is 0 Å². The lowest BCUT2D eigenvalue weighted by molar-refractivity contribution is -0.137. The number of nitrogens with one attached hydrogen (secondary N) is 2. The molecule has 7 nitrogen and oxygen atoms in total. The Morgan fingerprint density at radius 2 is 1.80 bits per heavy atom. The lowest BCUT2D eigenvalue weighted by Gasteiger charge is -2.31. The summed E-state index contributed by atoms with van der Waals surface area (Å²) in [6, 6.07) is -0.927. The smallest absolute Gasteiger partial charge is 0.321 e. The molecule has 0 bridgehead atoms. The van der Waals surface area contributed by atoms with Crippen molar-refractivity contribution < 1.29 is 19.5 Å². The Bertz CT molecular complexity index is 345. The van der Waals surface area contributed by atoms with Gasteiger partial charge < -0.3 is 10.4 Å². The van der Waals surface area contributed by atoms with Crippen molar-refractivity contribution in [1.29, 1.82) is 0 Å². The van der Waals surface area contributed by atoms with Crippen LogP contribution in [0.5, 0.6) is 0 Å². The van der Waals surface area contributed by atoms with Gasteiger partial charge in [0.05, 0.1) is 6.04 Å². The van der Waals surface area contributed by atoms with Crippen molar-refractivity contribution in [2.45, 2.75) is 52.6 Å². The minimum Gasteiger partial charge on any atom is -0.481 e. The van der Waals surface area contributed by atoms with Crippen LogP contribution in [0.1, 0.15) is 40.5 Å². The number of hydrogen-bond acceptors (Lipinski definition) is 4. The van der Waals surface area contributed by atoms with Gasteiger partial charge in [-0.25, -0.2) is 4.79 Å². The summed E-state index contributed by atoms with van der Waals surface area (Å²) in [6.07, 6.45) is 0.528. The van der Waals surface area contributed by atoms with E-state index in [1.165, 1.54) is 0 Å². The highest BCUT2D eigenvalue weighted by Crippen LogP contribution is 2.08. The molecular formula is C13H25N3O4. The second-order valence-electron chi connectivity index (χ2n) is 4.85. The van der Waals surface area contributed by atoms with Gasteiger partial charge in [-0.15, -0.1) is 0 Å². The largest absolute Gasteiger partial charge is 0.481 e. The molecule has 1 atom stereocenters. The van der Waals surface area contributed by atoms with E-state index in [0.29, 0.717) is 19.5 Å². The Balaban J connectivity index is 4.46. The number of hydrogen-bond donors (Lipinski definition) is 3. The summed E-state index contributed by atoms with van der Waals surface area (Å²) in [6.45, 7) is 8.26. The second-order valence-corrected chi connectivity index (χ2v) is 4.85. The average molecular weight is 287 g/mol. The van der Waals surface area contributed by atoms with E-state index in [4.69, 9.17) is 5.11 Å². The van der Waals surface area contributed by atoms with E-state index < -0.39 is 18.0 Å². The maximum atomic E-state index is 11.9. The van der Waals surface area contributed by atoms with Crippen molar-refractivity contribution in [3.8, 4) is 0 Å². The molecule has 0 saturated carbocycles. The number of imide groups is 1. The highest BCUT2D eigenvalue weighted by atomic mass is 16.4. The summed E-state index contributed by atoms with van der Waals surface area (Å²) in [5, 5.41) is 13.4. The van der Waals surface area contributed by atoms with Gasteiger partial charge in [0.25, 0.3) is 0 Å². The van der Waals surface area contributed by atoms with Gasteiger partial charge in [-0.2, -0.15) is 0 Å². The first-order valence-corrected chi connectivity index (χ1v) is 6.85. The summed E-state index contributed by atoms with van der Waals surface area (Å²) in [5.41, 5.74) is 0. The van der Waals surface area contributed by atoms with Crippen LogP contribution in [0.15, 0.2) is 0 Å². The van der Waals surface area contributed by atoms with Crippen LogP contribution in [0.3, 0.4) is 0 Å². The van der Waals surface area contributed by atoms with Crippen molar-refractivity contribution in [1.82, 2.24) is 15.5 Å². The standard InChI is InChI=1S/C13H25N3O4/c1-5-14-13(20)15-12(19)10(4)16(9(2)3)8-6-7-11(17)18/h9-10H,5-8H2,1-4H3,(H,17,18)(H2,14,15,19,20). The SMILES string of the molecule is CCNC(=O)NC(=O)C(C)N(CCCC(=O)O)C(C)C. The maximum Gasteiger partial charge on any atom is 0.321 e. The van der Waals surface area contributed by atoms with Gasteiger partial charge in [-0.1, -0.05) is 0 Å². The van der Waals surface area contributed by atoms with Crippen LogP contribution in [0, 0.1) is 0 Å². The molecule has 0 aromatic heterocycles. The molecule has 0 aliphatic rings. The molecule has 7 heteroatoms. The number of rotatable bonds is 8. The highest BCUT2D eigenvalue weighted by molar-refractivity contribution is 5.96. The molecule has 3 amide bonds. The Hall–Kier alpha value is -1.63. The van der Waals surface area contributed by atoms with Crippen molar-refractivity contribution in [2.24, 2.45) is 0 Å². The van der Waals surface area contributed by atoms with Gasteiger partial charge in [0.1, 0.15) is 0 Å². The average Bonchev–Trinajstić information content (AvgIpc) is 2.33. The summed E-state index contributed by atoms with van der Waals surface area (Å²) in [7, 11) is 0. The van der Waals surface area contributed by atoms with Crippen LogP contribution >= 0.6 is 0 Å². The molecule has 0 radical (unpaired) electrons. The fraction of sp³-hybridized carbons (Fsp3) is 0.769. The molecule has 0 aromatic carbocycles. The van der Waals surface area contributed by atoms with Crippen LogP contribution in [-0.4, -0.2) is 53.1 Å². The maximum absolute atomic E-state index is 11.9. The molecule has 0 fully saturated rings. The topological polar surface area (TPSA) is 98.7 Å². The molecule has 20 heavy (non-hydrogen) atoms. The van der Waals surface area contributed by atoms with E-state index in [2.05, 4.69) is 10.6 Å². The van der Waals surface area contributed by atoms with E-state index in [0.717, 1.165) is 0 Å². The quantitative estimate of drug-likeness (QED) is 0.613. The third-order valence-electron chi connectivity index (χ3n) is 2.92. The fourth-order valence-corrected chi connectivity index (χ4v) is 1.88. The Morgan fingerprint density at radius 3 is 2.25 bits per heavy atom. The number of carboxylic acid groups (broad SMARTS) is 1. The zero-order valence-corrected chi connectivity index (χ0v) is 12.6. The van der Waals surface area contributed by atoms with E-state index in [1.54, 1.807) is 13.8 Å². The van der Waals surface area contributed by atoms with E-state index in [1.807, 2.05) is 18.7 Å². The molecule has 0 aromatic rings. The van der Waals surface area contributed by atoms with Crippen molar-refractivity contribution in [3.63, 3.8) is 0 Å². The van der Waals surface area contributed by atoms with Crippen LogP contribution < -0.4 is 10.6 Å². The van der Waals surface area contributed by atoms with Crippen LogP contribution in [0.25, 0.3) is 0 Å². The molecule has 116 valence electrons. The first-order chi connectivity index (χ1) is 9.29. The summed E-state index contributed by atoms with van der Waals surface area (Å²) in [4.78, 5) is 35.6. The number of nitrogens with zero attached hydrogens (tertiary/aromatic N) is 1. The summed E-state index contributed by atoms with van der Waals surface area (Å²) < 4.78 is 0. The van der Waals surface area contributed by atoms with E-state index in [-0.39, 0.29) is 18.4 Å². The lowest BCUT2D eigenvalue weighted by Crippen LogP contribution is -2.51. The molecule has 1 unspecified atom stereocenters. The predicted molar refractivity (Wildman–Crippen MR) is 75.4 cm³/mol. The number of carboxylic acids is 1. The normalized spacial score (nSPS) is 12.3. The Labute approximate surface area is 119 Å². The van der Waals surface area contributed by atoms with Crippen LogP contribution in [-0.2, 0) is 9.59 Å². The minimum absolute atomic E-state index is 0.0634. The number of urea groups is 1. The minimum atomic E-state index is -0.854. The Kier molecular flexibility index (Phi) is 8.54. The number of carbonyl (C=O) groups excluding carboxylic acids is 2. The first-order valence-electron chi connectivity index (χ1n) is 6.85. The molecular weight excluding hydrogens is 262 g/mol. The van der Waals surface area contributed by atoms with Crippen LogP contribution in [0.2, 0.25) is 0 Å². The molecule has 0 aliphatic carbocycles. The van der Waals surface area contributed by atoms with Gasteiger partial charge in [0.15, 0.2) is 0 Å². The molecule has 0 saturated heterocycles.